The molecule has 3 N–H and O–H groups in total. The lowest BCUT2D eigenvalue weighted by molar-refractivity contribution is -0.113. The number of rotatable bonds is 6. The molecule has 0 aliphatic carbocycles. The Labute approximate surface area is 210 Å². The van der Waals surface area contributed by atoms with Crippen molar-refractivity contribution in [3.63, 3.8) is 0 Å². The van der Waals surface area contributed by atoms with Crippen LogP contribution < -0.4 is 15.5 Å². The number of methoxy groups -OCH3 is 1. The van der Waals surface area contributed by atoms with E-state index in [1.807, 2.05) is 4.90 Å². The molecule has 5 rings (SSSR count). The summed E-state index contributed by atoms with van der Waals surface area (Å²) in [5.41, 5.74) is 3.85. The second-order valence-corrected chi connectivity index (χ2v) is 9.38. The summed E-state index contributed by atoms with van der Waals surface area (Å²) in [4.78, 5) is 39.7. The zero-order valence-corrected chi connectivity index (χ0v) is 20.2. The van der Waals surface area contributed by atoms with Crippen LogP contribution >= 0.6 is 11.8 Å². The van der Waals surface area contributed by atoms with Gasteiger partial charge in [-0.05, 0) is 18.2 Å². The van der Waals surface area contributed by atoms with Gasteiger partial charge in [-0.1, -0.05) is 0 Å². The van der Waals surface area contributed by atoms with E-state index < -0.39 is 11.9 Å². The van der Waals surface area contributed by atoms with E-state index in [0.717, 1.165) is 11.1 Å². The standard InChI is InChI=1S/C23H24FN7O4S/c1-35-19-5-3-14-21(28-19)20(13(24)10-25-14)16(32)11-30-6-8-31(9-7-30)29-23(34)15-2-4-17-22(26-15)27-18(33)12-36-17/h2-5,10,16,32H,6-9,11-12H2,1H3,(H,29,34)(H,26,27,33). The second-order valence-electron chi connectivity index (χ2n) is 8.37. The Bertz CT molecular complexity index is 1320. The van der Waals surface area contributed by atoms with Gasteiger partial charge in [-0.2, -0.15) is 0 Å². The molecule has 2 aliphatic heterocycles. The largest absolute Gasteiger partial charge is 0.481 e. The first-order valence-corrected chi connectivity index (χ1v) is 12.3. The number of hydrogen-bond donors (Lipinski definition) is 3. The molecule has 2 amide bonds. The van der Waals surface area contributed by atoms with Gasteiger partial charge >= 0.3 is 0 Å². The number of halogens is 1. The third-order valence-corrected chi connectivity index (χ3v) is 7.04. The lowest BCUT2D eigenvalue weighted by Crippen LogP contribution is -2.54. The number of nitrogens with one attached hydrogen (secondary N) is 2. The molecule has 1 saturated heterocycles. The summed E-state index contributed by atoms with van der Waals surface area (Å²) in [7, 11) is 1.47. The zero-order valence-electron chi connectivity index (χ0n) is 19.4. The fraction of sp³-hybridized carbons (Fsp3) is 0.348. The number of nitrogens with zero attached hydrogens (tertiary/aromatic N) is 5. The Hall–Kier alpha value is -3.39. The minimum absolute atomic E-state index is 0.0818. The van der Waals surface area contributed by atoms with Crippen molar-refractivity contribution in [2.45, 2.75) is 11.0 Å². The second kappa shape index (κ2) is 10.3. The van der Waals surface area contributed by atoms with E-state index in [0.29, 0.717) is 49.1 Å². The molecule has 0 aromatic carbocycles. The van der Waals surface area contributed by atoms with Crippen molar-refractivity contribution < 1.29 is 23.8 Å². The molecule has 188 valence electrons. The normalized spacial score (nSPS) is 17.4. The Morgan fingerprint density at radius 2 is 2.06 bits per heavy atom. The number of anilines is 1. The summed E-state index contributed by atoms with van der Waals surface area (Å²) in [5.74, 6) is -0.123. The van der Waals surface area contributed by atoms with Crippen molar-refractivity contribution in [3.8, 4) is 5.88 Å². The summed E-state index contributed by atoms with van der Waals surface area (Å²) >= 11 is 1.38. The van der Waals surface area contributed by atoms with Gasteiger partial charge in [0, 0.05) is 44.4 Å². The average molecular weight is 514 g/mol. The van der Waals surface area contributed by atoms with Crippen LogP contribution in [-0.2, 0) is 4.79 Å². The molecule has 1 unspecified atom stereocenters. The molecule has 0 radical (unpaired) electrons. The maximum Gasteiger partial charge on any atom is 0.284 e. The highest BCUT2D eigenvalue weighted by molar-refractivity contribution is 8.00. The molecule has 0 spiro atoms. The molecule has 36 heavy (non-hydrogen) atoms. The van der Waals surface area contributed by atoms with Crippen LogP contribution in [0.5, 0.6) is 5.88 Å². The van der Waals surface area contributed by atoms with Gasteiger partial charge in [0.25, 0.3) is 5.91 Å². The van der Waals surface area contributed by atoms with E-state index in [-0.39, 0.29) is 35.1 Å². The number of carbonyl (C=O) groups excluding carboxylic acids is 2. The molecule has 0 bridgehead atoms. The van der Waals surface area contributed by atoms with Crippen LogP contribution in [0.1, 0.15) is 22.2 Å². The fourth-order valence-corrected chi connectivity index (χ4v) is 4.90. The predicted octanol–water partition coefficient (Wildman–Crippen LogP) is 1.21. The molecule has 1 atom stereocenters. The number of ether oxygens (including phenoxy) is 1. The lowest BCUT2D eigenvalue weighted by atomic mass is 10.1. The average Bonchev–Trinajstić information content (AvgIpc) is 2.88. The fourth-order valence-electron chi connectivity index (χ4n) is 4.15. The number of aromatic nitrogens is 3. The molecule has 2 aliphatic rings. The highest BCUT2D eigenvalue weighted by Crippen LogP contribution is 2.30. The molecule has 0 saturated carbocycles. The molecular weight excluding hydrogens is 489 g/mol. The van der Waals surface area contributed by atoms with Gasteiger partial charge in [-0.25, -0.2) is 19.4 Å². The molecule has 5 heterocycles. The van der Waals surface area contributed by atoms with Crippen molar-refractivity contribution in [3.05, 3.63) is 47.5 Å². The highest BCUT2D eigenvalue weighted by Gasteiger charge is 2.26. The number of piperazine rings is 1. The monoisotopic (exact) mass is 513 g/mol. The van der Waals surface area contributed by atoms with E-state index in [4.69, 9.17) is 4.74 Å². The number of carbonyl (C=O) groups is 2. The summed E-state index contributed by atoms with van der Waals surface area (Å²) in [5, 5.41) is 15.3. The molecule has 1 fully saturated rings. The summed E-state index contributed by atoms with van der Waals surface area (Å²) in [6, 6.07) is 6.70. The first-order chi connectivity index (χ1) is 17.4. The van der Waals surface area contributed by atoms with Crippen molar-refractivity contribution in [1.29, 1.82) is 0 Å². The van der Waals surface area contributed by atoms with E-state index >= 15 is 0 Å². The van der Waals surface area contributed by atoms with Gasteiger partial charge in [0.05, 0.1) is 35.6 Å². The van der Waals surface area contributed by atoms with E-state index in [1.165, 1.54) is 18.9 Å². The molecule has 3 aromatic heterocycles. The molecule has 11 nitrogen and oxygen atoms in total. The van der Waals surface area contributed by atoms with Gasteiger partial charge in [0.2, 0.25) is 11.8 Å². The van der Waals surface area contributed by atoms with E-state index in [1.54, 1.807) is 29.3 Å². The molecule has 13 heteroatoms. The number of aliphatic hydroxyl groups is 1. The Morgan fingerprint density at radius 1 is 1.25 bits per heavy atom. The van der Waals surface area contributed by atoms with Crippen LogP contribution in [0, 0.1) is 5.82 Å². The van der Waals surface area contributed by atoms with Crippen molar-refractivity contribution >= 4 is 40.4 Å². The smallest absolute Gasteiger partial charge is 0.284 e. The topological polar surface area (TPSA) is 133 Å². The summed E-state index contributed by atoms with van der Waals surface area (Å²) in [6.45, 7) is 2.29. The van der Waals surface area contributed by atoms with Crippen LogP contribution in [0.15, 0.2) is 35.4 Å². The number of hydrogen-bond acceptors (Lipinski definition) is 10. The van der Waals surface area contributed by atoms with Crippen LogP contribution in [0.4, 0.5) is 10.2 Å². The zero-order chi connectivity index (χ0) is 25.2. The molecule has 3 aromatic rings. The molecular formula is C23H24FN7O4S. The van der Waals surface area contributed by atoms with Crippen molar-refractivity contribution in [1.82, 2.24) is 30.3 Å². The summed E-state index contributed by atoms with van der Waals surface area (Å²) in [6.07, 6.45) is -0.0366. The minimum Gasteiger partial charge on any atom is -0.481 e. The third-order valence-electron chi connectivity index (χ3n) is 5.99. The van der Waals surface area contributed by atoms with Gasteiger partial charge in [-0.15, -0.1) is 11.8 Å². The van der Waals surface area contributed by atoms with Gasteiger partial charge < -0.3 is 15.2 Å². The highest BCUT2D eigenvalue weighted by atomic mass is 32.2. The van der Waals surface area contributed by atoms with Crippen LogP contribution in [0.2, 0.25) is 0 Å². The van der Waals surface area contributed by atoms with Crippen molar-refractivity contribution in [2.24, 2.45) is 0 Å². The van der Waals surface area contributed by atoms with Crippen LogP contribution in [-0.4, -0.2) is 87.4 Å². The van der Waals surface area contributed by atoms with Crippen LogP contribution in [0.25, 0.3) is 11.0 Å². The Morgan fingerprint density at radius 3 is 2.83 bits per heavy atom. The Kier molecular flexibility index (Phi) is 6.96. The van der Waals surface area contributed by atoms with Crippen LogP contribution in [0.3, 0.4) is 0 Å². The number of amides is 2. The van der Waals surface area contributed by atoms with Gasteiger partial charge in [-0.3, -0.25) is 24.9 Å². The number of fused-ring (bicyclic) bond motifs is 2. The van der Waals surface area contributed by atoms with E-state index in [2.05, 4.69) is 25.7 Å². The Balaban J connectivity index is 1.19. The van der Waals surface area contributed by atoms with Crippen molar-refractivity contribution in [2.75, 3.05) is 50.9 Å². The number of pyridine rings is 3. The number of β-amino-alcohol motifs (C(OH)–C–C–N with tert-alkyl or cyclic N) is 1. The predicted molar refractivity (Wildman–Crippen MR) is 130 cm³/mol. The lowest BCUT2D eigenvalue weighted by Gasteiger charge is -2.35. The SMILES string of the molecule is COc1ccc2ncc(F)c(C(O)CN3CCN(NC(=O)c4ccc5c(n4)NC(=O)CS5)CC3)c2n1. The number of hydrazine groups is 1. The quantitative estimate of drug-likeness (QED) is 0.442. The first kappa shape index (κ1) is 24.3. The maximum atomic E-state index is 14.6. The summed E-state index contributed by atoms with van der Waals surface area (Å²) < 4.78 is 19.8. The first-order valence-electron chi connectivity index (χ1n) is 11.3. The minimum atomic E-state index is -1.12. The number of aliphatic hydroxyl groups excluding tert-OH is 1. The third kappa shape index (κ3) is 5.09. The van der Waals surface area contributed by atoms with Gasteiger partial charge in [0.1, 0.15) is 22.8 Å². The maximum absolute atomic E-state index is 14.6. The van der Waals surface area contributed by atoms with E-state index in [9.17, 15) is 19.1 Å². The number of thioether (sulfide) groups is 1. The van der Waals surface area contributed by atoms with Gasteiger partial charge in [0.15, 0.2) is 0 Å².